The van der Waals surface area contributed by atoms with Gasteiger partial charge in [0.05, 0.1) is 4.92 Å². The second kappa shape index (κ2) is 6.81. The number of hydrogen-bond donors (Lipinski definition) is 0. The summed E-state index contributed by atoms with van der Waals surface area (Å²) >= 11 is 0. The van der Waals surface area contributed by atoms with E-state index in [1.807, 2.05) is 0 Å². The van der Waals surface area contributed by atoms with Gasteiger partial charge in [-0.1, -0.05) is 24.8 Å². The van der Waals surface area contributed by atoms with Crippen molar-refractivity contribution in [2.45, 2.75) is 0 Å². The zero-order valence-corrected chi connectivity index (χ0v) is 7.75. The van der Waals surface area contributed by atoms with Gasteiger partial charge in [-0.05, 0) is 0 Å². The first-order chi connectivity index (χ1) is 7.11. The fourth-order valence-electron chi connectivity index (χ4n) is 0.575. The number of benzene rings is 1. The molecule has 0 saturated heterocycles. The first kappa shape index (κ1) is 12.3. The molecule has 0 fully saturated rings. The first-order valence-electron chi connectivity index (χ1n) is 3.80. The molecule has 5 heteroatoms. The molecule has 0 unspecified atom stereocenters. The van der Waals surface area contributed by atoms with E-state index in [9.17, 15) is 10.1 Å². The number of para-hydroxylation sites is 1. The van der Waals surface area contributed by atoms with Gasteiger partial charge in [-0.3, -0.25) is 10.1 Å². The van der Waals surface area contributed by atoms with Crippen molar-refractivity contribution in [3.05, 3.63) is 52.6 Å². The predicted octanol–water partition coefficient (Wildman–Crippen LogP) is 2.18. The topological polar surface area (TPSA) is 90.7 Å². The molecule has 0 aromatic heterocycles. The van der Waals surface area contributed by atoms with Crippen LogP contribution in [0.25, 0.3) is 0 Å². The van der Waals surface area contributed by atoms with Gasteiger partial charge in [0.15, 0.2) is 0 Å². The van der Waals surface area contributed by atoms with Crippen LogP contribution in [-0.4, -0.2) is 4.92 Å². The van der Waals surface area contributed by atoms with E-state index >= 15 is 0 Å². The molecule has 5 nitrogen and oxygen atoms in total. The molecular weight excluding hydrogens is 194 g/mol. The summed E-state index contributed by atoms with van der Waals surface area (Å²) in [4.78, 5) is 9.59. The van der Waals surface area contributed by atoms with Crippen LogP contribution in [0.5, 0.6) is 0 Å². The van der Waals surface area contributed by atoms with Crippen molar-refractivity contribution in [3.8, 4) is 12.1 Å². The van der Waals surface area contributed by atoms with Crippen molar-refractivity contribution >= 4 is 5.69 Å². The number of non-ortho nitro benzene ring substituents is 1. The van der Waals surface area contributed by atoms with Crippen LogP contribution in [0.3, 0.4) is 0 Å². The summed E-state index contributed by atoms with van der Waals surface area (Å²) < 4.78 is 0. The highest BCUT2D eigenvalue weighted by molar-refractivity contribution is 5.31. The van der Waals surface area contributed by atoms with Crippen molar-refractivity contribution in [2.24, 2.45) is 0 Å². The van der Waals surface area contributed by atoms with Crippen LogP contribution in [0, 0.1) is 32.8 Å². The van der Waals surface area contributed by atoms with E-state index in [4.69, 9.17) is 10.5 Å². The second-order valence-corrected chi connectivity index (χ2v) is 2.29. The lowest BCUT2D eigenvalue weighted by molar-refractivity contribution is -0.384. The van der Waals surface area contributed by atoms with Gasteiger partial charge >= 0.3 is 0 Å². The maximum atomic E-state index is 10.0. The molecule has 0 amide bonds. The van der Waals surface area contributed by atoms with E-state index in [-0.39, 0.29) is 11.3 Å². The number of hydrogen-bond acceptors (Lipinski definition) is 4. The lowest BCUT2D eigenvalue weighted by Crippen LogP contribution is -1.84. The Morgan fingerprint density at radius 1 is 1.27 bits per heavy atom. The lowest BCUT2D eigenvalue weighted by atomic mass is 10.3. The SMILES string of the molecule is C=C(C#N)C#N.O=[N+]([O-])c1ccccc1. The molecule has 0 atom stereocenters. The van der Waals surface area contributed by atoms with Gasteiger partial charge in [0.1, 0.15) is 17.7 Å². The predicted molar refractivity (Wildman–Crippen MR) is 53.5 cm³/mol. The monoisotopic (exact) mass is 201 g/mol. The number of nitriles is 2. The molecule has 74 valence electrons. The second-order valence-electron chi connectivity index (χ2n) is 2.29. The fourth-order valence-corrected chi connectivity index (χ4v) is 0.575. The van der Waals surface area contributed by atoms with E-state index in [0.717, 1.165) is 0 Å². The van der Waals surface area contributed by atoms with Crippen molar-refractivity contribution < 1.29 is 4.92 Å². The molecule has 1 rings (SSSR count). The Morgan fingerprint density at radius 3 is 1.93 bits per heavy atom. The average Bonchev–Trinajstić information content (AvgIpc) is 2.30. The molecule has 0 aliphatic carbocycles. The largest absolute Gasteiger partial charge is 0.269 e. The van der Waals surface area contributed by atoms with Gasteiger partial charge in [0.2, 0.25) is 0 Å². The standard InChI is InChI=1S/C6H5NO2.C4H2N2/c8-7(9)6-4-2-1-3-5-6;1-4(2-5)3-6/h1-5H;1H2. The molecule has 1 aromatic rings. The third kappa shape index (κ3) is 5.56. The molecule has 0 spiro atoms. The summed E-state index contributed by atoms with van der Waals surface area (Å²) in [6.45, 7) is 3.07. The zero-order valence-electron chi connectivity index (χ0n) is 7.75. The van der Waals surface area contributed by atoms with E-state index in [0.29, 0.717) is 0 Å². The van der Waals surface area contributed by atoms with Gasteiger partial charge in [-0.2, -0.15) is 10.5 Å². The fraction of sp³-hybridized carbons (Fsp3) is 0. The summed E-state index contributed by atoms with van der Waals surface area (Å²) in [5.41, 5.74) is 0.0903. The molecule has 1 aromatic carbocycles. The number of nitro benzene ring substituents is 1. The Labute approximate surface area is 86.6 Å². The number of nitrogens with zero attached hydrogens (tertiary/aromatic N) is 3. The molecular formula is C10H7N3O2. The van der Waals surface area contributed by atoms with Crippen LogP contribution in [0.15, 0.2) is 42.5 Å². The maximum absolute atomic E-state index is 10.0. The third-order valence-electron chi connectivity index (χ3n) is 1.24. The van der Waals surface area contributed by atoms with Crippen molar-refractivity contribution in [1.29, 1.82) is 10.5 Å². The van der Waals surface area contributed by atoms with Gasteiger partial charge < -0.3 is 0 Å². The average molecular weight is 201 g/mol. The molecule has 0 saturated carbocycles. The summed E-state index contributed by atoms with van der Waals surface area (Å²) in [7, 11) is 0. The minimum absolute atomic E-state index is 0.0463. The van der Waals surface area contributed by atoms with Crippen LogP contribution < -0.4 is 0 Å². The van der Waals surface area contributed by atoms with Crippen molar-refractivity contribution in [1.82, 2.24) is 0 Å². The smallest absolute Gasteiger partial charge is 0.258 e. The number of rotatable bonds is 1. The lowest BCUT2D eigenvalue weighted by Gasteiger charge is -1.85. The van der Waals surface area contributed by atoms with Crippen LogP contribution in [-0.2, 0) is 0 Å². The molecule has 0 heterocycles. The number of nitro groups is 1. The minimum atomic E-state index is -0.417. The van der Waals surface area contributed by atoms with Crippen molar-refractivity contribution in [3.63, 3.8) is 0 Å². The Bertz CT molecular complexity index is 410. The van der Waals surface area contributed by atoms with Gasteiger partial charge in [0.25, 0.3) is 5.69 Å². The molecule has 0 radical (unpaired) electrons. The van der Waals surface area contributed by atoms with Crippen LogP contribution >= 0.6 is 0 Å². The highest BCUT2D eigenvalue weighted by Gasteiger charge is 1.98. The minimum Gasteiger partial charge on any atom is -0.258 e. The highest BCUT2D eigenvalue weighted by Crippen LogP contribution is 2.06. The summed E-state index contributed by atoms with van der Waals surface area (Å²) in [5.74, 6) is 0. The van der Waals surface area contributed by atoms with Crippen LogP contribution in [0.4, 0.5) is 5.69 Å². The molecule has 0 aliphatic heterocycles. The summed E-state index contributed by atoms with van der Waals surface area (Å²) in [6, 6.07) is 11.1. The van der Waals surface area contributed by atoms with E-state index in [1.54, 1.807) is 30.3 Å². The molecule has 0 bridgehead atoms. The van der Waals surface area contributed by atoms with E-state index in [2.05, 4.69) is 6.58 Å². The maximum Gasteiger partial charge on any atom is 0.269 e. The van der Waals surface area contributed by atoms with Gasteiger partial charge in [-0.25, -0.2) is 0 Å². The third-order valence-corrected chi connectivity index (χ3v) is 1.24. The Morgan fingerprint density at radius 2 is 1.73 bits per heavy atom. The molecule has 0 N–H and O–H groups in total. The highest BCUT2D eigenvalue weighted by atomic mass is 16.6. The Kier molecular flexibility index (Phi) is 5.60. The number of allylic oxidation sites excluding steroid dienone is 1. The van der Waals surface area contributed by atoms with Crippen LogP contribution in [0.1, 0.15) is 0 Å². The Balaban J connectivity index is 0.000000288. The zero-order chi connectivity index (χ0) is 11.7. The molecule has 15 heavy (non-hydrogen) atoms. The normalized spacial score (nSPS) is 7.33. The quantitative estimate of drug-likeness (QED) is 0.395. The first-order valence-corrected chi connectivity index (χ1v) is 3.80. The van der Waals surface area contributed by atoms with E-state index in [1.165, 1.54) is 12.1 Å². The van der Waals surface area contributed by atoms with Gasteiger partial charge in [-0.15, -0.1) is 0 Å². The summed E-state index contributed by atoms with van der Waals surface area (Å²) in [6.07, 6.45) is 0. The Hall–Kier alpha value is -2.66. The molecule has 0 aliphatic rings. The van der Waals surface area contributed by atoms with Gasteiger partial charge in [0, 0.05) is 12.1 Å². The van der Waals surface area contributed by atoms with Crippen LogP contribution in [0.2, 0.25) is 0 Å². The summed E-state index contributed by atoms with van der Waals surface area (Å²) in [5, 5.41) is 25.5. The van der Waals surface area contributed by atoms with Crippen molar-refractivity contribution in [2.75, 3.05) is 0 Å². The van der Waals surface area contributed by atoms with E-state index < -0.39 is 4.92 Å².